The molecule has 0 fully saturated rings. The van der Waals surface area contributed by atoms with Gasteiger partial charge in [-0.05, 0) is 20.8 Å². The SMILES string of the molecule is CCNc1cc(NC(C)C(=O)OC)nc(COCC)n1. The maximum atomic E-state index is 11.4. The first-order valence-electron chi connectivity index (χ1n) is 6.64. The molecule has 0 aliphatic rings. The van der Waals surface area contributed by atoms with E-state index in [2.05, 4.69) is 25.3 Å². The monoisotopic (exact) mass is 282 g/mol. The van der Waals surface area contributed by atoms with Gasteiger partial charge in [-0.15, -0.1) is 0 Å². The van der Waals surface area contributed by atoms with Gasteiger partial charge in [-0.2, -0.15) is 0 Å². The van der Waals surface area contributed by atoms with Crippen molar-refractivity contribution in [2.45, 2.75) is 33.4 Å². The molecule has 20 heavy (non-hydrogen) atoms. The third-order valence-corrected chi connectivity index (χ3v) is 2.48. The number of ether oxygens (including phenoxy) is 2. The summed E-state index contributed by atoms with van der Waals surface area (Å²) in [6.45, 7) is 7.27. The maximum absolute atomic E-state index is 11.4. The van der Waals surface area contributed by atoms with Gasteiger partial charge in [0.15, 0.2) is 5.82 Å². The van der Waals surface area contributed by atoms with Crippen LogP contribution in [0, 0.1) is 0 Å². The van der Waals surface area contributed by atoms with Gasteiger partial charge in [0, 0.05) is 19.2 Å². The summed E-state index contributed by atoms with van der Waals surface area (Å²) in [5.41, 5.74) is 0. The highest BCUT2D eigenvalue weighted by atomic mass is 16.5. The fraction of sp³-hybridized carbons (Fsp3) is 0.615. The fourth-order valence-electron chi connectivity index (χ4n) is 1.56. The number of methoxy groups -OCH3 is 1. The Morgan fingerprint density at radius 2 is 2.05 bits per heavy atom. The zero-order valence-corrected chi connectivity index (χ0v) is 12.4. The minimum Gasteiger partial charge on any atom is -0.467 e. The average Bonchev–Trinajstić information content (AvgIpc) is 2.44. The zero-order valence-electron chi connectivity index (χ0n) is 12.4. The maximum Gasteiger partial charge on any atom is 0.328 e. The quantitative estimate of drug-likeness (QED) is 0.697. The van der Waals surface area contributed by atoms with Crippen molar-refractivity contribution < 1.29 is 14.3 Å². The minimum absolute atomic E-state index is 0.330. The first kappa shape index (κ1) is 16.2. The second-order valence-corrected chi connectivity index (χ2v) is 4.11. The number of nitrogens with one attached hydrogen (secondary N) is 2. The van der Waals surface area contributed by atoms with Crippen LogP contribution in [0.5, 0.6) is 0 Å². The predicted octanol–water partition coefficient (Wildman–Crippen LogP) is 1.42. The molecular formula is C13H22N4O3. The van der Waals surface area contributed by atoms with E-state index in [-0.39, 0.29) is 5.97 Å². The number of hydrogen-bond acceptors (Lipinski definition) is 7. The molecule has 0 bridgehead atoms. The second-order valence-electron chi connectivity index (χ2n) is 4.11. The molecule has 0 saturated carbocycles. The zero-order chi connectivity index (χ0) is 15.0. The Hall–Kier alpha value is -1.89. The van der Waals surface area contributed by atoms with Gasteiger partial charge < -0.3 is 20.1 Å². The molecule has 1 atom stereocenters. The first-order valence-corrected chi connectivity index (χ1v) is 6.64. The van der Waals surface area contributed by atoms with Crippen molar-refractivity contribution in [1.82, 2.24) is 9.97 Å². The van der Waals surface area contributed by atoms with Crippen LogP contribution in [0.3, 0.4) is 0 Å². The number of carbonyl (C=O) groups is 1. The topological polar surface area (TPSA) is 85.4 Å². The molecule has 7 nitrogen and oxygen atoms in total. The van der Waals surface area contributed by atoms with Gasteiger partial charge >= 0.3 is 5.97 Å². The van der Waals surface area contributed by atoms with Gasteiger partial charge in [-0.25, -0.2) is 14.8 Å². The number of nitrogens with zero attached hydrogens (tertiary/aromatic N) is 2. The number of carbonyl (C=O) groups excluding carboxylic acids is 1. The third kappa shape index (κ3) is 5.00. The summed E-state index contributed by atoms with van der Waals surface area (Å²) in [6, 6.07) is 1.27. The molecule has 0 aliphatic heterocycles. The van der Waals surface area contributed by atoms with Crippen LogP contribution in [0.2, 0.25) is 0 Å². The van der Waals surface area contributed by atoms with E-state index in [1.165, 1.54) is 7.11 Å². The van der Waals surface area contributed by atoms with Crippen LogP contribution in [0.4, 0.5) is 11.6 Å². The van der Waals surface area contributed by atoms with Crippen molar-refractivity contribution in [1.29, 1.82) is 0 Å². The molecule has 0 aliphatic carbocycles. The molecule has 0 spiro atoms. The third-order valence-electron chi connectivity index (χ3n) is 2.48. The van der Waals surface area contributed by atoms with Crippen molar-refractivity contribution in [2.75, 3.05) is 30.9 Å². The van der Waals surface area contributed by atoms with E-state index in [9.17, 15) is 4.79 Å². The van der Waals surface area contributed by atoms with Crippen molar-refractivity contribution >= 4 is 17.6 Å². The lowest BCUT2D eigenvalue weighted by molar-refractivity contribution is -0.141. The van der Waals surface area contributed by atoms with Crippen molar-refractivity contribution in [3.8, 4) is 0 Å². The smallest absolute Gasteiger partial charge is 0.328 e. The molecule has 1 rings (SSSR count). The highest BCUT2D eigenvalue weighted by Crippen LogP contribution is 2.13. The van der Waals surface area contributed by atoms with Crippen molar-refractivity contribution in [3.63, 3.8) is 0 Å². The summed E-state index contributed by atoms with van der Waals surface area (Å²) < 4.78 is 9.98. The van der Waals surface area contributed by atoms with Crippen LogP contribution in [-0.4, -0.2) is 42.2 Å². The van der Waals surface area contributed by atoms with Crippen molar-refractivity contribution in [3.05, 3.63) is 11.9 Å². The molecule has 0 radical (unpaired) electrons. The molecule has 1 heterocycles. The van der Waals surface area contributed by atoms with Crippen LogP contribution in [0.25, 0.3) is 0 Å². The molecular weight excluding hydrogens is 260 g/mol. The van der Waals surface area contributed by atoms with E-state index in [1.807, 2.05) is 13.8 Å². The Bertz CT molecular complexity index is 440. The molecule has 0 amide bonds. The highest BCUT2D eigenvalue weighted by Gasteiger charge is 2.14. The lowest BCUT2D eigenvalue weighted by atomic mass is 10.3. The normalized spacial score (nSPS) is 11.8. The Morgan fingerprint density at radius 1 is 1.35 bits per heavy atom. The second kappa shape index (κ2) is 8.31. The van der Waals surface area contributed by atoms with E-state index in [4.69, 9.17) is 4.74 Å². The molecule has 112 valence electrons. The summed E-state index contributed by atoms with van der Waals surface area (Å²) in [5.74, 6) is 1.46. The van der Waals surface area contributed by atoms with Crippen LogP contribution < -0.4 is 10.6 Å². The summed E-state index contributed by atoms with van der Waals surface area (Å²) in [5, 5.41) is 6.11. The van der Waals surface area contributed by atoms with Gasteiger partial charge in [-0.1, -0.05) is 0 Å². The van der Waals surface area contributed by atoms with Crippen LogP contribution in [-0.2, 0) is 20.9 Å². The number of rotatable bonds is 8. The molecule has 1 unspecified atom stereocenters. The summed E-state index contributed by atoms with van der Waals surface area (Å²) in [7, 11) is 1.35. The number of esters is 1. The van der Waals surface area contributed by atoms with Gasteiger partial charge in [0.25, 0.3) is 0 Å². The molecule has 2 N–H and O–H groups in total. The standard InChI is InChI=1S/C13H22N4O3/c1-5-14-10-7-11(15-9(3)13(18)19-4)17-12(16-10)8-20-6-2/h7,9H,5-6,8H2,1-4H3,(H2,14,15,16,17). The Balaban J connectivity index is 2.87. The summed E-state index contributed by atoms with van der Waals surface area (Å²) in [6.07, 6.45) is 0. The highest BCUT2D eigenvalue weighted by molar-refractivity contribution is 5.78. The fourth-order valence-corrected chi connectivity index (χ4v) is 1.56. The van der Waals surface area contributed by atoms with Gasteiger partial charge in [0.2, 0.25) is 0 Å². The van der Waals surface area contributed by atoms with Gasteiger partial charge in [0.1, 0.15) is 24.3 Å². The van der Waals surface area contributed by atoms with Crippen LogP contribution >= 0.6 is 0 Å². The predicted molar refractivity (Wildman–Crippen MR) is 76.6 cm³/mol. The van der Waals surface area contributed by atoms with Crippen LogP contribution in [0.15, 0.2) is 6.07 Å². The molecule has 0 saturated heterocycles. The lowest BCUT2D eigenvalue weighted by Gasteiger charge is -2.14. The Labute approximate surface area is 119 Å². The van der Waals surface area contributed by atoms with E-state index in [0.29, 0.717) is 30.7 Å². The summed E-state index contributed by atoms with van der Waals surface area (Å²) in [4.78, 5) is 20.1. The van der Waals surface area contributed by atoms with E-state index in [1.54, 1.807) is 13.0 Å². The minimum atomic E-state index is -0.482. The lowest BCUT2D eigenvalue weighted by Crippen LogP contribution is -2.28. The van der Waals surface area contributed by atoms with Crippen LogP contribution in [0.1, 0.15) is 26.6 Å². The Morgan fingerprint density at radius 3 is 2.65 bits per heavy atom. The van der Waals surface area contributed by atoms with Gasteiger partial charge in [0.05, 0.1) is 7.11 Å². The average molecular weight is 282 g/mol. The molecule has 7 heteroatoms. The largest absolute Gasteiger partial charge is 0.467 e. The molecule has 1 aromatic heterocycles. The van der Waals surface area contributed by atoms with Crippen molar-refractivity contribution in [2.24, 2.45) is 0 Å². The molecule has 0 aromatic carbocycles. The first-order chi connectivity index (χ1) is 9.60. The Kier molecular flexibility index (Phi) is 6.72. The van der Waals surface area contributed by atoms with E-state index in [0.717, 1.165) is 6.54 Å². The summed E-state index contributed by atoms with van der Waals surface area (Å²) >= 11 is 0. The van der Waals surface area contributed by atoms with E-state index >= 15 is 0 Å². The van der Waals surface area contributed by atoms with E-state index < -0.39 is 6.04 Å². The number of anilines is 2. The molecule has 1 aromatic rings. The number of hydrogen-bond donors (Lipinski definition) is 2. The van der Waals surface area contributed by atoms with Gasteiger partial charge in [-0.3, -0.25) is 0 Å². The number of aromatic nitrogens is 2.